The topological polar surface area (TPSA) is 32.3 Å². The van der Waals surface area contributed by atoms with Crippen LogP contribution >= 0.6 is 0 Å². The molecular formula is C14H23NO. The molecule has 1 rings (SSSR count). The van der Waals surface area contributed by atoms with Gasteiger partial charge < -0.3 is 10.4 Å². The van der Waals surface area contributed by atoms with Gasteiger partial charge in [-0.3, -0.25) is 0 Å². The molecule has 1 unspecified atom stereocenters. The van der Waals surface area contributed by atoms with Crippen LogP contribution in [0.1, 0.15) is 38.7 Å². The van der Waals surface area contributed by atoms with E-state index in [2.05, 4.69) is 19.2 Å². The minimum atomic E-state index is 0.346. The lowest BCUT2D eigenvalue weighted by Crippen LogP contribution is -2.26. The van der Waals surface area contributed by atoms with Crippen molar-refractivity contribution in [2.45, 2.75) is 45.6 Å². The van der Waals surface area contributed by atoms with Gasteiger partial charge in [-0.1, -0.05) is 25.5 Å². The average molecular weight is 221 g/mol. The van der Waals surface area contributed by atoms with E-state index in [1.807, 2.05) is 12.1 Å². The molecule has 0 radical (unpaired) electrons. The number of aromatic hydroxyl groups is 1. The van der Waals surface area contributed by atoms with Crippen molar-refractivity contribution in [2.75, 3.05) is 6.54 Å². The molecule has 90 valence electrons. The van der Waals surface area contributed by atoms with Crippen LogP contribution in [0.5, 0.6) is 5.75 Å². The van der Waals surface area contributed by atoms with Gasteiger partial charge in [0.15, 0.2) is 0 Å². The number of aryl methyl sites for hydroxylation is 1. The van der Waals surface area contributed by atoms with Gasteiger partial charge in [0, 0.05) is 6.04 Å². The number of hydrogen-bond acceptors (Lipinski definition) is 2. The zero-order valence-corrected chi connectivity index (χ0v) is 10.4. The number of benzene rings is 1. The van der Waals surface area contributed by atoms with Crippen molar-refractivity contribution >= 4 is 0 Å². The third kappa shape index (κ3) is 5.17. The summed E-state index contributed by atoms with van der Waals surface area (Å²) in [6, 6.07) is 8.12. The van der Waals surface area contributed by atoms with E-state index in [9.17, 15) is 0 Å². The summed E-state index contributed by atoms with van der Waals surface area (Å²) in [5, 5.41) is 12.7. The summed E-state index contributed by atoms with van der Waals surface area (Å²) in [6.07, 6.45) is 4.72. The first-order valence-corrected chi connectivity index (χ1v) is 6.23. The fourth-order valence-electron chi connectivity index (χ4n) is 1.84. The molecule has 0 saturated carbocycles. The van der Waals surface area contributed by atoms with Gasteiger partial charge in [-0.05, 0) is 50.4 Å². The normalized spacial score (nSPS) is 12.6. The smallest absolute Gasteiger partial charge is 0.115 e. The first-order chi connectivity index (χ1) is 7.72. The van der Waals surface area contributed by atoms with E-state index in [0.29, 0.717) is 11.8 Å². The largest absolute Gasteiger partial charge is 0.508 e. The Morgan fingerprint density at radius 3 is 2.56 bits per heavy atom. The second-order valence-electron chi connectivity index (χ2n) is 4.41. The molecule has 0 amide bonds. The average Bonchev–Trinajstić information content (AvgIpc) is 2.27. The zero-order chi connectivity index (χ0) is 11.8. The lowest BCUT2D eigenvalue weighted by atomic mass is 10.1. The molecule has 0 aliphatic carbocycles. The predicted octanol–water partition coefficient (Wildman–Crippen LogP) is 3.10. The van der Waals surface area contributed by atoms with Crippen molar-refractivity contribution < 1.29 is 5.11 Å². The van der Waals surface area contributed by atoms with Crippen molar-refractivity contribution in [2.24, 2.45) is 0 Å². The minimum Gasteiger partial charge on any atom is -0.508 e. The summed E-state index contributed by atoms with van der Waals surface area (Å²) in [5.41, 5.74) is 1.29. The summed E-state index contributed by atoms with van der Waals surface area (Å²) in [7, 11) is 0. The molecule has 0 aromatic heterocycles. The molecule has 16 heavy (non-hydrogen) atoms. The molecule has 2 heteroatoms. The van der Waals surface area contributed by atoms with Crippen LogP contribution in [-0.4, -0.2) is 17.7 Å². The number of rotatable bonds is 7. The first kappa shape index (κ1) is 13.0. The number of phenols is 1. The molecule has 0 aliphatic heterocycles. The van der Waals surface area contributed by atoms with E-state index in [1.165, 1.54) is 18.4 Å². The van der Waals surface area contributed by atoms with E-state index in [-0.39, 0.29) is 0 Å². The third-order valence-electron chi connectivity index (χ3n) is 2.79. The van der Waals surface area contributed by atoms with Crippen molar-refractivity contribution in [3.8, 4) is 5.75 Å². The van der Waals surface area contributed by atoms with E-state index in [0.717, 1.165) is 19.4 Å². The van der Waals surface area contributed by atoms with Crippen LogP contribution in [-0.2, 0) is 6.42 Å². The Bertz CT molecular complexity index is 281. The molecule has 0 bridgehead atoms. The standard InChI is InChI=1S/C14H23NO/c1-3-5-12(2)15-11-4-6-13-7-9-14(16)10-8-13/h7-10,12,15-16H,3-6,11H2,1-2H3. The maximum atomic E-state index is 9.15. The molecule has 2 N–H and O–H groups in total. The number of phenolic OH excluding ortho intramolecular Hbond substituents is 1. The van der Waals surface area contributed by atoms with Gasteiger partial charge in [-0.25, -0.2) is 0 Å². The van der Waals surface area contributed by atoms with Crippen LogP contribution in [0, 0.1) is 0 Å². The van der Waals surface area contributed by atoms with E-state index in [1.54, 1.807) is 12.1 Å². The van der Waals surface area contributed by atoms with Crippen molar-refractivity contribution in [1.29, 1.82) is 0 Å². The van der Waals surface area contributed by atoms with Crippen molar-refractivity contribution in [1.82, 2.24) is 5.32 Å². The Balaban J connectivity index is 2.13. The lowest BCUT2D eigenvalue weighted by Gasteiger charge is -2.12. The summed E-state index contributed by atoms with van der Waals surface area (Å²) in [5.74, 6) is 0.346. The number of nitrogens with one attached hydrogen (secondary N) is 1. The second-order valence-corrected chi connectivity index (χ2v) is 4.41. The first-order valence-electron chi connectivity index (χ1n) is 6.23. The molecule has 0 aliphatic rings. The fourth-order valence-corrected chi connectivity index (χ4v) is 1.84. The van der Waals surface area contributed by atoms with Gasteiger partial charge in [0.05, 0.1) is 0 Å². The summed E-state index contributed by atoms with van der Waals surface area (Å²) in [6.45, 7) is 5.53. The highest BCUT2D eigenvalue weighted by Gasteiger charge is 1.99. The van der Waals surface area contributed by atoms with Gasteiger partial charge in [-0.2, -0.15) is 0 Å². The van der Waals surface area contributed by atoms with Crippen LogP contribution in [0.15, 0.2) is 24.3 Å². The predicted molar refractivity (Wildman–Crippen MR) is 68.8 cm³/mol. The molecule has 0 fully saturated rings. The molecule has 0 saturated heterocycles. The van der Waals surface area contributed by atoms with Gasteiger partial charge in [0.1, 0.15) is 5.75 Å². The molecule has 0 heterocycles. The Labute approximate surface area is 98.7 Å². The molecular weight excluding hydrogens is 198 g/mol. The highest BCUT2D eigenvalue weighted by molar-refractivity contribution is 5.25. The molecule has 1 aromatic rings. The fraction of sp³-hybridized carbons (Fsp3) is 0.571. The van der Waals surface area contributed by atoms with E-state index >= 15 is 0 Å². The van der Waals surface area contributed by atoms with Crippen LogP contribution in [0.2, 0.25) is 0 Å². The SMILES string of the molecule is CCCC(C)NCCCc1ccc(O)cc1. The third-order valence-corrected chi connectivity index (χ3v) is 2.79. The van der Waals surface area contributed by atoms with Crippen LogP contribution in [0.4, 0.5) is 0 Å². The summed E-state index contributed by atoms with van der Waals surface area (Å²) in [4.78, 5) is 0. The highest BCUT2D eigenvalue weighted by Crippen LogP contribution is 2.10. The Kier molecular flexibility index (Phi) is 5.94. The van der Waals surface area contributed by atoms with Crippen LogP contribution in [0.3, 0.4) is 0 Å². The summed E-state index contributed by atoms with van der Waals surface area (Å²) < 4.78 is 0. The summed E-state index contributed by atoms with van der Waals surface area (Å²) >= 11 is 0. The molecule has 0 spiro atoms. The Morgan fingerprint density at radius 1 is 1.25 bits per heavy atom. The van der Waals surface area contributed by atoms with Crippen LogP contribution in [0.25, 0.3) is 0 Å². The lowest BCUT2D eigenvalue weighted by molar-refractivity contribution is 0.475. The van der Waals surface area contributed by atoms with Crippen LogP contribution < -0.4 is 5.32 Å². The van der Waals surface area contributed by atoms with Gasteiger partial charge >= 0.3 is 0 Å². The van der Waals surface area contributed by atoms with Gasteiger partial charge in [0.25, 0.3) is 0 Å². The minimum absolute atomic E-state index is 0.346. The van der Waals surface area contributed by atoms with Gasteiger partial charge in [-0.15, -0.1) is 0 Å². The maximum Gasteiger partial charge on any atom is 0.115 e. The van der Waals surface area contributed by atoms with E-state index in [4.69, 9.17) is 5.11 Å². The quantitative estimate of drug-likeness (QED) is 0.693. The Hall–Kier alpha value is -1.02. The second kappa shape index (κ2) is 7.29. The molecule has 2 nitrogen and oxygen atoms in total. The zero-order valence-electron chi connectivity index (χ0n) is 10.4. The Morgan fingerprint density at radius 2 is 1.94 bits per heavy atom. The van der Waals surface area contributed by atoms with Crippen molar-refractivity contribution in [3.63, 3.8) is 0 Å². The molecule has 1 atom stereocenters. The maximum absolute atomic E-state index is 9.15. The highest BCUT2D eigenvalue weighted by atomic mass is 16.3. The monoisotopic (exact) mass is 221 g/mol. The number of hydrogen-bond donors (Lipinski definition) is 2. The van der Waals surface area contributed by atoms with Gasteiger partial charge in [0.2, 0.25) is 0 Å². The molecule has 1 aromatic carbocycles. The van der Waals surface area contributed by atoms with E-state index < -0.39 is 0 Å². The van der Waals surface area contributed by atoms with Crippen molar-refractivity contribution in [3.05, 3.63) is 29.8 Å².